The molecule has 6 heteroatoms. The first kappa shape index (κ1) is 15.0. The van der Waals surface area contributed by atoms with Gasteiger partial charge in [0.25, 0.3) is 5.91 Å². The van der Waals surface area contributed by atoms with Crippen LogP contribution in [0.2, 0.25) is 5.02 Å². The molecule has 23 heavy (non-hydrogen) atoms. The summed E-state index contributed by atoms with van der Waals surface area (Å²) in [6, 6.07) is 7.81. The molecule has 1 aromatic heterocycles. The van der Waals surface area contributed by atoms with Crippen LogP contribution in [0.25, 0.3) is 10.9 Å². The highest BCUT2D eigenvalue weighted by atomic mass is 35.5. The lowest BCUT2D eigenvalue weighted by atomic mass is 10.1. The van der Waals surface area contributed by atoms with Crippen LogP contribution in [0, 0.1) is 5.92 Å². The van der Waals surface area contributed by atoms with Crippen LogP contribution in [0.1, 0.15) is 10.5 Å². The average molecular weight is 334 g/mol. The summed E-state index contributed by atoms with van der Waals surface area (Å²) < 4.78 is 5.75. The summed E-state index contributed by atoms with van der Waals surface area (Å²) >= 11 is 6.46. The SMILES string of the molecule is CN1C[C@@H]2COC[C@H](C1)N(C(=O)c1[nH]c3ccccc3c1Cl)C2. The van der Waals surface area contributed by atoms with Crippen LogP contribution in [-0.2, 0) is 4.74 Å². The zero-order valence-electron chi connectivity index (χ0n) is 13.1. The van der Waals surface area contributed by atoms with Crippen molar-refractivity contribution in [3.63, 3.8) is 0 Å². The molecule has 2 aliphatic heterocycles. The molecule has 0 aliphatic carbocycles. The van der Waals surface area contributed by atoms with Crippen molar-refractivity contribution in [3.05, 3.63) is 35.0 Å². The molecule has 2 fully saturated rings. The van der Waals surface area contributed by atoms with E-state index >= 15 is 0 Å². The second-order valence-electron chi connectivity index (χ2n) is 6.60. The lowest BCUT2D eigenvalue weighted by molar-refractivity contribution is 0.0481. The number of nitrogens with one attached hydrogen (secondary N) is 1. The van der Waals surface area contributed by atoms with Gasteiger partial charge < -0.3 is 19.5 Å². The predicted molar refractivity (Wildman–Crippen MR) is 89.9 cm³/mol. The van der Waals surface area contributed by atoms with Crippen LogP contribution in [0.15, 0.2) is 24.3 Å². The van der Waals surface area contributed by atoms with E-state index in [9.17, 15) is 4.79 Å². The lowest BCUT2D eigenvalue weighted by Crippen LogP contribution is -2.46. The van der Waals surface area contributed by atoms with Gasteiger partial charge in [-0.15, -0.1) is 0 Å². The maximum Gasteiger partial charge on any atom is 0.272 e. The number of fused-ring (bicyclic) bond motifs is 4. The van der Waals surface area contributed by atoms with Gasteiger partial charge in [0.1, 0.15) is 5.69 Å². The van der Waals surface area contributed by atoms with Gasteiger partial charge in [-0.1, -0.05) is 29.8 Å². The van der Waals surface area contributed by atoms with Crippen molar-refractivity contribution in [2.45, 2.75) is 6.04 Å². The molecule has 0 saturated carbocycles. The molecule has 0 spiro atoms. The van der Waals surface area contributed by atoms with Gasteiger partial charge in [-0.3, -0.25) is 4.79 Å². The molecule has 2 aliphatic rings. The Labute approximate surface area is 140 Å². The van der Waals surface area contributed by atoms with Crippen molar-refractivity contribution in [3.8, 4) is 0 Å². The summed E-state index contributed by atoms with van der Waals surface area (Å²) in [5.74, 6) is 0.321. The Morgan fingerprint density at radius 2 is 2.09 bits per heavy atom. The number of benzene rings is 1. The van der Waals surface area contributed by atoms with Crippen LogP contribution in [0.4, 0.5) is 0 Å². The Kier molecular flexibility index (Phi) is 3.79. The Bertz CT molecular complexity index is 745. The summed E-state index contributed by atoms with van der Waals surface area (Å²) in [5, 5.41) is 1.40. The van der Waals surface area contributed by atoms with Crippen molar-refractivity contribution in [2.75, 3.05) is 39.9 Å². The second-order valence-corrected chi connectivity index (χ2v) is 6.97. The van der Waals surface area contributed by atoms with Gasteiger partial charge in [0.05, 0.1) is 24.3 Å². The molecule has 0 radical (unpaired) electrons. The topological polar surface area (TPSA) is 48.6 Å². The van der Waals surface area contributed by atoms with Crippen molar-refractivity contribution in [1.82, 2.24) is 14.8 Å². The number of hydrogen-bond donors (Lipinski definition) is 1. The van der Waals surface area contributed by atoms with Gasteiger partial charge in [0.2, 0.25) is 0 Å². The molecule has 2 bridgehead atoms. The van der Waals surface area contributed by atoms with Crippen LogP contribution >= 0.6 is 11.6 Å². The third-order valence-corrected chi connectivity index (χ3v) is 5.16. The molecule has 4 rings (SSSR count). The first-order valence-electron chi connectivity index (χ1n) is 7.97. The van der Waals surface area contributed by atoms with E-state index in [1.54, 1.807) is 0 Å². The number of nitrogens with zero attached hydrogens (tertiary/aromatic N) is 2. The molecule has 1 amide bonds. The number of ether oxygens (including phenoxy) is 1. The van der Waals surface area contributed by atoms with Gasteiger partial charge in [-0.2, -0.15) is 0 Å². The summed E-state index contributed by atoms with van der Waals surface area (Å²) in [7, 11) is 2.11. The predicted octanol–water partition coefficient (Wildman–Crippen LogP) is 2.22. The van der Waals surface area contributed by atoms with Crippen LogP contribution < -0.4 is 0 Å². The molecular weight excluding hydrogens is 314 g/mol. The Balaban J connectivity index is 1.71. The molecule has 1 aromatic carbocycles. The molecule has 0 unspecified atom stereocenters. The van der Waals surface area contributed by atoms with E-state index in [0.717, 1.165) is 30.5 Å². The van der Waals surface area contributed by atoms with E-state index < -0.39 is 0 Å². The van der Waals surface area contributed by atoms with Gasteiger partial charge in [0, 0.05) is 36.5 Å². The van der Waals surface area contributed by atoms with Gasteiger partial charge >= 0.3 is 0 Å². The van der Waals surface area contributed by atoms with Crippen molar-refractivity contribution in [2.24, 2.45) is 5.92 Å². The fraction of sp³-hybridized carbons (Fsp3) is 0.471. The largest absolute Gasteiger partial charge is 0.379 e. The number of hydrogen-bond acceptors (Lipinski definition) is 3. The van der Waals surface area contributed by atoms with Crippen molar-refractivity contribution in [1.29, 1.82) is 0 Å². The van der Waals surface area contributed by atoms with Gasteiger partial charge in [-0.25, -0.2) is 0 Å². The van der Waals surface area contributed by atoms with E-state index in [4.69, 9.17) is 16.3 Å². The zero-order chi connectivity index (χ0) is 16.0. The number of H-pyrrole nitrogens is 1. The van der Waals surface area contributed by atoms with Crippen molar-refractivity contribution < 1.29 is 9.53 Å². The van der Waals surface area contributed by atoms with Crippen LogP contribution in [-0.4, -0.2) is 66.6 Å². The Morgan fingerprint density at radius 3 is 2.91 bits per heavy atom. The molecular formula is C17H20ClN3O2. The quantitative estimate of drug-likeness (QED) is 0.870. The van der Waals surface area contributed by atoms with Gasteiger partial charge in [-0.05, 0) is 13.1 Å². The van der Waals surface area contributed by atoms with Crippen LogP contribution in [0.3, 0.4) is 0 Å². The minimum atomic E-state index is -0.0259. The van der Waals surface area contributed by atoms with E-state index in [2.05, 4.69) is 16.9 Å². The second kappa shape index (κ2) is 5.82. The summed E-state index contributed by atoms with van der Waals surface area (Å²) in [4.78, 5) is 20.6. The average Bonchev–Trinajstić information content (AvgIpc) is 2.66. The minimum Gasteiger partial charge on any atom is -0.379 e. The highest BCUT2D eigenvalue weighted by Gasteiger charge is 2.36. The standard InChI is InChI=1S/C17H20ClN3O2/c1-20-6-11-7-21(12(8-20)10-23-9-11)17(22)16-15(18)13-4-2-3-5-14(13)19-16/h2-5,11-12,19H,6-10H2,1H3/t11-,12-/m0/s1. The molecule has 1 N–H and O–H groups in total. The number of amides is 1. The zero-order valence-corrected chi connectivity index (χ0v) is 13.8. The van der Waals surface area contributed by atoms with Crippen LogP contribution in [0.5, 0.6) is 0 Å². The third-order valence-electron chi connectivity index (χ3n) is 4.77. The summed E-state index contributed by atoms with van der Waals surface area (Å²) in [6.45, 7) is 3.82. The molecule has 2 saturated heterocycles. The number of aromatic amines is 1. The summed E-state index contributed by atoms with van der Waals surface area (Å²) in [5.41, 5.74) is 1.38. The van der Waals surface area contributed by atoms with Gasteiger partial charge in [0.15, 0.2) is 0 Å². The number of carbonyl (C=O) groups excluding carboxylic acids is 1. The molecule has 3 heterocycles. The maximum absolute atomic E-state index is 13.1. The highest BCUT2D eigenvalue weighted by molar-refractivity contribution is 6.38. The molecule has 2 atom stereocenters. The van der Waals surface area contributed by atoms with E-state index in [-0.39, 0.29) is 11.9 Å². The number of aromatic nitrogens is 1. The van der Waals surface area contributed by atoms with E-state index in [0.29, 0.717) is 29.8 Å². The lowest BCUT2D eigenvalue weighted by Gasteiger charge is -2.29. The smallest absolute Gasteiger partial charge is 0.272 e. The number of para-hydroxylation sites is 1. The number of likely N-dealkylation sites (N-methyl/N-ethyl adjacent to an activating group) is 1. The fourth-order valence-corrected chi connectivity index (χ4v) is 4.02. The van der Waals surface area contributed by atoms with E-state index in [1.165, 1.54) is 0 Å². The highest BCUT2D eigenvalue weighted by Crippen LogP contribution is 2.29. The maximum atomic E-state index is 13.1. The third kappa shape index (κ3) is 2.63. The first-order chi connectivity index (χ1) is 11.1. The molecule has 5 nitrogen and oxygen atoms in total. The minimum absolute atomic E-state index is 0.0259. The monoisotopic (exact) mass is 333 g/mol. The normalized spacial score (nSPS) is 25.6. The Hall–Kier alpha value is -1.56. The Morgan fingerprint density at radius 1 is 1.26 bits per heavy atom. The van der Waals surface area contributed by atoms with Crippen molar-refractivity contribution >= 4 is 28.4 Å². The number of carbonyl (C=O) groups is 1. The first-order valence-corrected chi connectivity index (χ1v) is 8.34. The summed E-state index contributed by atoms with van der Waals surface area (Å²) in [6.07, 6.45) is 0. The number of halogens is 1. The number of rotatable bonds is 1. The molecule has 122 valence electrons. The molecule has 2 aromatic rings. The fourth-order valence-electron chi connectivity index (χ4n) is 3.72. The van der Waals surface area contributed by atoms with E-state index in [1.807, 2.05) is 29.2 Å².